The van der Waals surface area contributed by atoms with Crippen molar-refractivity contribution >= 4 is 11.8 Å². The number of rotatable bonds is 6. The molecule has 2 aromatic carbocycles. The quantitative estimate of drug-likeness (QED) is 0.707. The van der Waals surface area contributed by atoms with Crippen LogP contribution < -0.4 is 14.2 Å². The van der Waals surface area contributed by atoms with Gasteiger partial charge >= 0.3 is 0 Å². The van der Waals surface area contributed by atoms with E-state index in [4.69, 9.17) is 19.2 Å². The summed E-state index contributed by atoms with van der Waals surface area (Å²) in [5.41, 5.74) is 4.62. The highest BCUT2D eigenvalue weighted by Crippen LogP contribution is 2.40. The highest BCUT2D eigenvalue weighted by atomic mass is 16.7. The van der Waals surface area contributed by atoms with Gasteiger partial charge in [0.2, 0.25) is 6.79 Å². The molecule has 2 aliphatic heterocycles. The lowest BCUT2D eigenvalue weighted by molar-refractivity contribution is 0.174. The van der Waals surface area contributed by atoms with Gasteiger partial charge in [0.05, 0.1) is 12.8 Å². The van der Waals surface area contributed by atoms with Gasteiger partial charge in [0.1, 0.15) is 5.75 Å². The summed E-state index contributed by atoms with van der Waals surface area (Å²) in [4.78, 5) is 4.89. The molecule has 0 spiro atoms. The number of nitrogens with zero attached hydrogens (tertiary/aromatic N) is 1. The number of allylic oxidation sites excluding steroid dienone is 1. The Morgan fingerprint density at radius 2 is 1.89 bits per heavy atom. The Balaban J connectivity index is 1.64. The molecule has 0 aromatic heterocycles. The van der Waals surface area contributed by atoms with Crippen molar-refractivity contribution < 1.29 is 14.2 Å². The van der Waals surface area contributed by atoms with Gasteiger partial charge in [-0.1, -0.05) is 38.0 Å². The zero-order chi connectivity index (χ0) is 18.6. The fraction of sp³-hybridized carbons (Fsp3) is 0.348. The van der Waals surface area contributed by atoms with E-state index in [2.05, 4.69) is 31.2 Å². The Morgan fingerprint density at radius 3 is 2.63 bits per heavy atom. The number of hydrogen-bond donors (Lipinski definition) is 0. The van der Waals surface area contributed by atoms with Crippen LogP contribution in [-0.4, -0.2) is 26.2 Å². The van der Waals surface area contributed by atoms with Crippen LogP contribution in [0.15, 0.2) is 47.5 Å². The Labute approximate surface area is 160 Å². The van der Waals surface area contributed by atoms with E-state index in [9.17, 15) is 0 Å². The van der Waals surface area contributed by atoms with E-state index in [0.29, 0.717) is 12.7 Å². The van der Waals surface area contributed by atoms with Crippen molar-refractivity contribution in [1.82, 2.24) is 0 Å². The monoisotopic (exact) mass is 363 g/mol. The summed E-state index contributed by atoms with van der Waals surface area (Å²) in [7, 11) is 1.68. The lowest BCUT2D eigenvalue weighted by Crippen LogP contribution is -2.16. The minimum Gasteiger partial charge on any atom is -0.497 e. The van der Waals surface area contributed by atoms with Crippen LogP contribution in [0.5, 0.6) is 17.2 Å². The summed E-state index contributed by atoms with van der Waals surface area (Å²) in [6, 6.07) is 12.3. The lowest BCUT2D eigenvalue weighted by atomic mass is 9.85. The van der Waals surface area contributed by atoms with Crippen molar-refractivity contribution in [2.45, 2.75) is 32.1 Å². The van der Waals surface area contributed by atoms with Gasteiger partial charge in [-0.25, -0.2) is 0 Å². The van der Waals surface area contributed by atoms with Crippen molar-refractivity contribution in [2.24, 2.45) is 4.99 Å². The van der Waals surface area contributed by atoms with Crippen LogP contribution >= 0.6 is 0 Å². The maximum Gasteiger partial charge on any atom is 0.231 e. The molecule has 4 heteroatoms. The van der Waals surface area contributed by atoms with Gasteiger partial charge in [-0.3, -0.25) is 4.99 Å². The Kier molecular flexibility index (Phi) is 5.14. The van der Waals surface area contributed by atoms with Crippen molar-refractivity contribution in [1.29, 1.82) is 0 Å². The van der Waals surface area contributed by atoms with E-state index in [1.54, 1.807) is 7.11 Å². The average molecular weight is 363 g/mol. The maximum atomic E-state index is 5.61. The summed E-state index contributed by atoms with van der Waals surface area (Å²) in [6.45, 7) is 3.36. The zero-order valence-corrected chi connectivity index (χ0v) is 15.9. The molecule has 0 saturated carbocycles. The van der Waals surface area contributed by atoms with E-state index < -0.39 is 0 Å². The van der Waals surface area contributed by atoms with Crippen LogP contribution in [-0.2, 0) is 0 Å². The second-order valence-corrected chi connectivity index (χ2v) is 6.96. The smallest absolute Gasteiger partial charge is 0.231 e. The maximum absolute atomic E-state index is 5.61. The second kappa shape index (κ2) is 7.87. The van der Waals surface area contributed by atoms with Gasteiger partial charge in [0.25, 0.3) is 0 Å². The van der Waals surface area contributed by atoms with E-state index in [1.807, 2.05) is 24.3 Å². The number of hydrogen-bond acceptors (Lipinski definition) is 4. The van der Waals surface area contributed by atoms with Crippen LogP contribution in [0.4, 0.5) is 0 Å². The van der Waals surface area contributed by atoms with Crippen LogP contribution in [0.1, 0.15) is 48.8 Å². The molecular weight excluding hydrogens is 338 g/mol. The molecule has 0 bridgehead atoms. The molecule has 0 amide bonds. The predicted molar refractivity (Wildman–Crippen MR) is 108 cm³/mol. The second-order valence-electron chi connectivity index (χ2n) is 6.96. The summed E-state index contributed by atoms with van der Waals surface area (Å²) in [5, 5.41) is 0. The van der Waals surface area contributed by atoms with Gasteiger partial charge in [0, 0.05) is 18.0 Å². The minimum atomic E-state index is 0.298. The fourth-order valence-electron chi connectivity index (χ4n) is 3.64. The summed E-state index contributed by atoms with van der Waals surface area (Å²) < 4.78 is 16.4. The van der Waals surface area contributed by atoms with Gasteiger partial charge in [-0.2, -0.15) is 0 Å². The first-order valence-electron chi connectivity index (χ1n) is 9.59. The summed E-state index contributed by atoms with van der Waals surface area (Å²) in [5.74, 6) is 2.98. The van der Waals surface area contributed by atoms with Crippen LogP contribution in [0, 0.1) is 0 Å². The van der Waals surface area contributed by atoms with E-state index in [-0.39, 0.29) is 0 Å². The fourth-order valence-corrected chi connectivity index (χ4v) is 3.64. The van der Waals surface area contributed by atoms with Crippen molar-refractivity contribution in [3.8, 4) is 17.2 Å². The molecule has 2 aromatic rings. The molecular formula is C23H25NO3. The number of aliphatic imine (C=N–C) groups is 1. The Morgan fingerprint density at radius 1 is 1.11 bits per heavy atom. The number of fused-ring (bicyclic) bond motifs is 2. The first-order valence-corrected chi connectivity index (χ1v) is 9.59. The Bertz CT molecular complexity index is 868. The third kappa shape index (κ3) is 3.70. The van der Waals surface area contributed by atoms with E-state index >= 15 is 0 Å². The molecule has 0 aliphatic carbocycles. The largest absolute Gasteiger partial charge is 0.497 e. The van der Waals surface area contributed by atoms with E-state index in [1.165, 1.54) is 18.4 Å². The Hall–Kier alpha value is -2.75. The summed E-state index contributed by atoms with van der Waals surface area (Å²) >= 11 is 0. The molecule has 0 radical (unpaired) electrons. The lowest BCUT2D eigenvalue weighted by Gasteiger charge is -2.24. The molecule has 4 rings (SSSR count). The molecule has 0 N–H and O–H groups in total. The van der Waals surface area contributed by atoms with E-state index in [0.717, 1.165) is 47.1 Å². The molecule has 4 nitrogen and oxygen atoms in total. The zero-order valence-electron chi connectivity index (χ0n) is 15.9. The molecule has 1 atom stereocenters. The normalized spacial score (nSPS) is 17.7. The molecule has 0 fully saturated rings. The first-order chi connectivity index (χ1) is 13.3. The SMILES string of the molecule is CCCCC1CN=C(C=Cc2ccc(OC)cc2)c2cc3c(cc21)OCO3. The first kappa shape index (κ1) is 17.7. The topological polar surface area (TPSA) is 40.0 Å². The summed E-state index contributed by atoms with van der Waals surface area (Å²) in [6.07, 6.45) is 7.76. The predicted octanol–water partition coefficient (Wildman–Crippen LogP) is 5.21. The molecule has 2 aliphatic rings. The molecule has 140 valence electrons. The standard InChI is InChI=1S/C23H25NO3/c1-3-4-5-17-14-24-21(11-8-16-6-9-18(25-2)10-7-16)20-13-23-22(12-19(17)20)26-15-27-23/h6-13,17H,3-5,14-15H2,1-2H3. The number of ether oxygens (including phenoxy) is 3. The van der Waals surface area contributed by atoms with Gasteiger partial charge in [0.15, 0.2) is 11.5 Å². The van der Waals surface area contributed by atoms with Crippen LogP contribution in [0.3, 0.4) is 0 Å². The number of unbranched alkanes of at least 4 members (excludes halogenated alkanes) is 1. The van der Waals surface area contributed by atoms with Gasteiger partial charge in [-0.15, -0.1) is 0 Å². The van der Waals surface area contributed by atoms with Crippen molar-refractivity contribution in [2.75, 3.05) is 20.4 Å². The average Bonchev–Trinajstić information content (AvgIpc) is 3.17. The highest BCUT2D eigenvalue weighted by Gasteiger charge is 2.26. The molecule has 0 saturated heterocycles. The molecule has 1 unspecified atom stereocenters. The van der Waals surface area contributed by atoms with Crippen molar-refractivity contribution in [3.05, 3.63) is 59.2 Å². The minimum absolute atomic E-state index is 0.298. The molecule has 2 heterocycles. The third-order valence-corrected chi connectivity index (χ3v) is 5.20. The van der Waals surface area contributed by atoms with Gasteiger partial charge < -0.3 is 14.2 Å². The third-order valence-electron chi connectivity index (χ3n) is 5.20. The molecule has 27 heavy (non-hydrogen) atoms. The highest BCUT2D eigenvalue weighted by molar-refractivity contribution is 6.12. The van der Waals surface area contributed by atoms with Crippen LogP contribution in [0.2, 0.25) is 0 Å². The number of methoxy groups -OCH3 is 1. The van der Waals surface area contributed by atoms with Crippen molar-refractivity contribution in [3.63, 3.8) is 0 Å². The number of benzene rings is 2. The van der Waals surface area contributed by atoms with Gasteiger partial charge in [-0.05, 0) is 47.9 Å². The van der Waals surface area contributed by atoms with Crippen LogP contribution in [0.25, 0.3) is 6.08 Å².